The van der Waals surface area contributed by atoms with Gasteiger partial charge in [0.05, 0.1) is 0 Å². The molecule has 0 rings (SSSR count). The molecule has 0 aromatic heterocycles. The van der Waals surface area contributed by atoms with Gasteiger partial charge in [0.25, 0.3) is 0 Å². The number of aliphatic carboxylic acids is 1. The molecule has 0 aliphatic carbocycles. The highest BCUT2D eigenvalue weighted by molar-refractivity contribution is 5.73. The van der Waals surface area contributed by atoms with Gasteiger partial charge in [0.1, 0.15) is 0 Å². The second-order valence-corrected chi connectivity index (χ2v) is 4.17. The van der Waals surface area contributed by atoms with Crippen LogP contribution < -0.4 is 10.8 Å². The minimum absolute atomic E-state index is 0.190. The fraction of sp³-hybridized carbons (Fsp3) is 0.778. The lowest BCUT2D eigenvalue weighted by atomic mass is 10.1. The lowest BCUT2D eigenvalue weighted by Crippen LogP contribution is -2.50. The first-order valence-electron chi connectivity index (χ1n) is 4.80. The molecule has 0 radical (unpaired) electrons. The third kappa shape index (κ3) is 6.20. The van der Waals surface area contributed by atoms with E-state index in [4.69, 9.17) is 5.11 Å². The largest absolute Gasteiger partial charge is 0.479 e. The molecular formula is C9H19N3O4. The van der Waals surface area contributed by atoms with Crippen LogP contribution in [0.1, 0.15) is 13.8 Å². The maximum Gasteiger partial charge on any atom is 0.338 e. The maximum atomic E-state index is 11.1. The van der Waals surface area contributed by atoms with Crippen molar-refractivity contribution in [2.75, 3.05) is 27.2 Å². The highest BCUT2D eigenvalue weighted by atomic mass is 16.7. The van der Waals surface area contributed by atoms with Crippen LogP contribution in [0.25, 0.3) is 0 Å². The predicted octanol–water partition coefficient (Wildman–Crippen LogP) is -0.358. The SMILES string of the molecule is CN(C)C(C)(C)CNC(=O)NOCC(=O)O. The molecule has 0 bridgehead atoms. The summed E-state index contributed by atoms with van der Waals surface area (Å²) in [4.78, 5) is 27.6. The highest BCUT2D eigenvalue weighted by Gasteiger charge is 2.20. The summed E-state index contributed by atoms with van der Waals surface area (Å²) >= 11 is 0. The molecule has 94 valence electrons. The number of nitrogens with zero attached hydrogens (tertiary/aromatic N) is 1. The number of urea groups is 1. The molecule has 0 spiro atoms. The topological polar surface area (TPSA) is 90.9 Å². The Kier molecular flexibility index (Phi) is 5.76. The second-order valence-electron chi connectivity index (χ2n) is 4.17. The van der Waals surface area contributed by atoms with E-state index in [9.17, 15) is 9.59 Å². The normalized spacial score (nSPS) is 11.3. The first-order valence-corrected chi connectivity index (χ1v) is 4.80. The summed E-state index contributed by atoms with van der Waals surface area (Å²) in [5.74, 6) is -1.14. The van der Waals surface area contributed by atoms with Crippen LogP contribution in [0.15, 0.2) is 0 Å². The van der Waals surface area contributed by atoms with Crippen molar-refractivity contribution in [3.8, 4) is 0 Å². The van der Waals surface area contributed by atoms with Gasteiger partial charge in [-0.1, -0.05) is 0 Å². The van der Waals surface area contributed by atoms with E-state index in [1.54, 1.807) is 0 Å². The molecular weight excluding hydrogens is 214 g/mol. The molecule has 3 N–H and O–H groups in total. The van der Waals surface area contributed by atoms with Crippen molar-refractivity contribution in [1.82, 2.24) is 15.7 Å². The van der Waals surface area contributed by atoms with Crippen molar-refractivity contribution >= 4 is 12.0 Å². The van der Waals surface area contributed by atoms with Crippen LogP contribution in [0.3, 0.4) is 0 Å². The Hall–Kier alpha value is -1.34. The van der Waals surface area contributed by atoms with E-state index in [1.165, 1.54) is 0 Å². The van der Waals surface area contributed by atoms with Gasteiger partial charge in [-0.25, -0.2) is 15.1 Å². The Labute approximate surface area is 94.7 Å². The molecule has 16 heavy (non-hydrogen) atoms. The lowest BCUT2D eigenvalue weighted by molar-refractivity contribution is -0.144. The van der Waals surface area contributed by atoms with Crippen LogP contribution in [0.5, 0.6) is 0 Å². The average molecular weight is 233 g/mol. The Morgan fingerprint density at radius 3 is 2.38 bits per heavy atom. The Bertz CT molecular complexity index is 253. The van der Waals surface area contributed by atoms with Crippen molar-refractivity contribution in [3.63, 3.8) is 0 Å². The van der Waals surface area contributed by atoms with E-state index < -0.39 is 18.6 Å². The molecule has 2 amide bonds. The summed E-state index contributed by atoms with van der Waals surface area (Å²) < 4.78 is 0. The third-order valence-electron chi connectivity index (χ3n) is 2.25. The van der Waals surface area contributed by atoms with Gasteiger partial charge >= 0.3 is 12.0 Å². The minimum atomic E-state index is -1.14. The van der Waals surface area contributed by atoms with Gasteiger partial charge in [-0.15, -0.1) is 0 Å². The van der Waals surface area contributed by atoms with Crippen LogP contribution in [0, 0.1) is 0 Å². The first-order chi connectivity index (χ1) is 7.25. The van der Waals surface area contributed by atoms with Crippen molar-refractivity contribution in [1.29, 1.82) is 0 Å². The minimum Gasteiger partial charge on any atom is -0.479 e. The second kappa shape index (κ2) is 6.29. The monoisotopic (exact) mass is 233 g/mol. The number of carbonyl (C=O) groups excluding carboxylic acids is 1. The number of nitrogens with one attached hydrogen (secondary N) is 2. The van der Waals surface area contributed by atoms with Gasteiger partial charge in [0.2, 0.25) is 0 Å². The number of hydrogen-bond donors (Lipinski definition) is 3. The van der Waals surface area contributed by atoms with Gasteiger partial charge < -0.3 is 15.3 Å². The summed E-state index contributed by atoms with van der Waals surface area (Å²) in [5.41, 5.74) is 1.79. The van der Waals surface area contributed by atoms with Crippen molar-refractivity contribution in [3.05, 3.63) is 0 Å². The molecule has 0 aromatic rings. The Morgan fingerprint density at radius 2 is 1.94 bits per heavy atom. The molecule has 0 aliphatic heterocycles. The summed E-state index contributed by atoms with van der Waals surface area (Å²) in [7, 11) is 3.81. The fourth-order valence-corrected chi connectivity index (χ4v) is 0.654. The zero-order valence-corrected chi connectivity index (χ0v) is 10.0. The van der Waals surface area contributed by atoms with E-state index in [1.807, 2.05) is 38.3 Å². The van der Waals surface area contributed by atoms with E-state index in [-0.39, 0.29) is 5.54 Å². The standard InChI is InChI=1S/C9H19N3O4/c1-9(2,12(3)4)6-10-8(15)11-16-5-7(13)14/h5-6H2,1-4H3,(H,13,14)(H2,10,11,15). The molecule has 0 saturated heterocycles. The van der Waals surface area contributed by atoms with Crippen LogP contribution in [-0.2, 0) is 9.63 Å². The van der Waals surface area contributed by atoms with Gasteiger partial charge in [0.15, 0.2) is 6.61 Å². The third-order valence-corrected chi connectivity index (χ3v) is 2.25. The molecule has 0 aliphatic rings. The summed E-state index contributed by atoms with van der Waals surface area (Å²) in [6.07, 6.45) is 0. The Balaban J connectivity index is 3.77. The van der Waals surface area contributed by atoms with Gasteiger partial charge in [-0.05, 0) is 27.9 Å². The van der Waals surface area contributed by atoms with Gasteiger partial charge in [-0.3, -0.25) is 4.84 Å². The van der Waals surface area contributed by atoms with Gasteiger partial charge in [0, 0.05) is 12.1 Å². The fourth-order valence-electron chi connectivity index (χ4n) is 0.654. The number of amides is 2. The number of likely N-dealkylation sites (N-methyl/N-ethyl adjacent to an activating group) is 1. The summed E-state index contributed by atoms with van der Waals surface area (Å²) in [5, 5.41) is 10.8. The maximum absolute atomic E-state index is 11.1. The number of hydroxylamine groups is 1. The van der Waals surface area contributed by atoms with E-state index in [0.717, 1.165) is 0 Å². The first kappa shape index (κ1) is 14.7. The molecule has 0 heterocycles. The Morgan fingerprint density at radius 1 is 1.38 bits per heavy atom. The van der Waals surface area contributed by atoms with Crippen molar-refractivity contribution < 1.29 is 19.5 Å². The molecule has 0 aromatic carbocycles. The van der Waals surface area contributed by atoms with Crippen LogP contribution in [0.2, 0.25) is 0 Å². The molecule has 7 nitrogen and oxygen atoms in total. The highest BCUT2D eigenvalue weighted by Crippen LogP contribution is 2.07. The molecule has 0 atom stereocenters. The zero-order chi connectivity index (χ0) is 12.8. The van der Waals surface area contributed by atoms with Crippen molar-refractivity contribution in [2.45, 2.75) is 19.4 Å². The van der Waals surface area contributed by atoms with E-state index in [0.29, 0.717) is 6.54 Å². The summed E-state index contributed by atoms with van der Waals surface area (Å²) in [6, 6.07) is -0.559. The van der Waals surface area contributed by atoms with E-state index in [2.05, 4.69) is 10.2 Å². The van der Waals surface area contributed by atoms with Crippen LogP contribution in [0.4, 0.5) is 4.79 Å². The van der Waals surface area contributed by atoms with Crippen molar-refractivity contribution in [2.24, 2.45) is 0 Å². The number of carboxylic acid groups (broad SMARTS) is 1. The number of carbonyl (C=O) groups is 2. The zero-order valence-electron chi connectivity index (χ0n) is 10.0. The number of rotatable bonds is 6. The summed E-state index contributed by atoms with van der Waals surface area (Å²) in [6.45, 7) is 3.78. The molecule has 7 heteroatoms. The van der Waals surface area contributed by atoms with Gasteiger partial charge in [-0.2, -0.15) is 0 Å². The number of carboxylic acids is 1. The number of hydrogen-bond acceptors (Lipinski definition) is 4. The molecule has 0 unspecified atom stereocenters. The van der Waals surface area contributed by atoms with E-state index >= 15 is 0 Å². The quantitative estimate of drug-likeness (QED) is 0.545. The smallest absolute Gasteiger partial charge is 0.338 e. The average Bonchev–Trinajstić information content (AvgIpc) is 2.14. The predicted molar refractivity (Wildman–Crippen MR) is 57.9 cm³/mol. The lowest BCUT2D eigenvalue weighted by Gasteiger charge is -2.32. The molecule has 0 saturated carbocycles. The molecule has 0 fully saturated rings. The van der Waals surface area contributed by atoms with Crippen LogP contribution in [-0.4, -0.2) is 54.8 Å². The van der Waals surface area contributed by atoms with Crippen LogP contribution >= 0.6 is 0 Å².